The molecule has 0 atom stereocenters. The summed E-state index contributed by atoms with van der Waals surface area (Å²) in [5.41, 5.74) is 0. The highest BCUT2D eigenvalue weighted by Crippen LogP contribution is 2.23. The Morgan fingerprint density at radius 3 is 2.60 bits per heavy atom. The first-order valence-corrected chi connectivity index (χ1v) is 5.77. The van der Waals surface area contributed by atoms with E-state index in [9.17, 15) is 4.79 Å². The SMILES string of the molecule is C=CCCC(=O)NC1CCC(CO)CC1. The molecule has 0 saturated heterocycles. The van der Waals surface area contributed by atoms with Crippen LogP contribution < -0.4 is 5.32 Å². The van der Waals surface area contributed by atoms with Crippen LogP contribution in [0, 0.1) is 5.92 Å². The number of aliphatic hydroxyl groups is 1. The minimum Gasteiger partial charge on any atom is -0.396 e. The van der Waals surface area contributed by atoms with Crippen molar-refractivity contribution in [3.63, 3.8) is 0 Å². The van der Waals surface area contributed by atoms with Crippen molar-refractivity contribution in [3.8, 4) is 0 Å². The average molecular weight is 211 g/mol. The molecule has 0 aliphatic heterocycles. The molecule has 86 valence electrons. The molecule has 0 heterocycles. The molecule has 0 aromatic rings. The lowest BCUT2D eigenvalue weighted by atomic mass is 9.86. The fraction of sp³-hybridized carbons (Fsp3) is 0.750. The smallest absolute Gasteiger partial charge is 0.220 e. The summed E-state index contributed by atoms with van der Waals surface area (Å²) >= 11 is 0. The van der Waals surface area contributed by atoms with Crippen molar-refractivity contribution >= 4 is 5.91 Å². The lowest BCUT2D eigenvalue weighted by molar-refractivity contribution is -0.122. The van der Waals surface area contributed by atoms with Gasteiger partial charge in [0.25, 0.3) is 0 Å². The number of rotatable bonds is 5. The standard InChI is InChI=1S/C12H21NO2/c1-2-3-4-12(15)13-11-7-5-10(9-14)6-8-11/h2,10-11,14H,1,3-9H2,(H,13,15). The highest BCUT2D eigenvalue weighted by Gasteiger charge is 2.21. The molecule has 1 aliphatic rings. The number of allylic oxidation sites excluding steroid dienone is 1. The van der Waals surface area contributed by atoms with E-state index in [1.54, 1.807) is 6.08 Å². The molecule has 0 aromatic heterocycles. The van der Waals surface area contributed by atoms with Gasteiger partial charge in [0.05, 0.1) is 0 Å². The number of carbonyl (C=O) groups excluding carboxylic acids is 1. The van der Waals surface area contributed by atoms with E-state index in [1.165, 1.54) is 0 Å². The number of hydrogen-bond acceptors (Lipinski definition) is 2. The van der Waals surface area contributed by atoms with Crippen LogP contribution in [0.1, 0.15) is 38.5 Å². The zero-order valence-electron chi connectivity index (χ0n) is 9.24. The van der Waals surface area contributed by atoms with E-state index >= 15 is 0 Å². The predicted octanol–water partition coefficient (Wildman–Crippen LogP) is 1.62. The average Bonchev–Trinajstić information content (AvgIpc) is 2.27. The third kappa shape index (κ3) is 4.47. The number of aliphatic hydroxyl groups excluding tert-OH is 1. The van der Waals surface area contributed by atoms with Gasteiger partial charge in [-0.3, -0.25) is 4.79 Å². The van der Waals surface area contributed by atoms with E-state index in [2.05, 4.69) is 11.9 Å². The summed E-state index contributed by atoms with van der Waals surface area (Å²) in [6.07, 6.45) is 7.13. The first-order chi connectivity index (χ1) is 7.26. The van der Waals surface area contributed by atoms with Gasteiger partial charge in [0.15, 0.2) is 0 Å². The summed E-state index contributed by atoms with van der Waals surface area (Å²) in [6, 6.07) is 0.324. The van der Waals surface area contributed by atoms with Crippen molar-refractivity contribution in [2.45, 2.75) is 44.6 Å². The third-order valence-electron chi connectivity index (χ3n) is 3.05. The second kappa shape index (κ2) is 6.62. The monoisotopic (exact) mass is 211 g/mol. The van der Waals surface area contributed by atoms with Crippen molar-refractivity contribution in [1.29, 1.82) is 0 Å². The fourth-order valence-electron chi connectivity index (χ4n) is 2.02. The minimum absolute atomic E-state index is 0.127. The molecule has 0 bridgehead atoms. The van der Waals surface area contributed by atoms with E-state index < -0.39 is 0 Å². The summed E-state index contributed by atoms with van der Waals surface area (Å²) in [6.45, 7) is 3.88. The van der Waals surface area contributed by atoms with Gasteiger partial charge < -0.3 is 10.4 Å². The molecular weight excluding hydrogens is 190 g/mol. The summed E-state index contributed by atoms with van der Waals surface area (Å²) in [5, 5.41) is 12.0. The van der Waals surface area contributed by atoms with E-state index in [0.717, 1.165) is 32.1 Å². The van der Waals surface area contributed by atoms with Crippen LogP contribution in [0.2, 0.25) is 0 Å². The van der Waals surface area contributed by atoms with Crippen LogP contribution in [0.5, 0.6) is 0 Å². The topological polar surface area (TPSA) is 49.3 Å². The van der Waals surface area contributed by atoms with Crippen molar-refractivity contribution in [3.05, 3.63) is 12.7 Å². The molecule has 1 aliphatic carbocycles. The summed E-state index contributed by atoms with van der Waals surface area (Å²) in [7, 11) is 0. The van der Waals surface area contributed by atoms with Crippen LogP contribution in [0.15, 0.2) is 12.7 Å². The van der Waals surface area contributed by atoms with Crippen LogP contribution >= 0.6 is 0 Å². The lowest BCUT2D eigenvalue weighted by Crippen LogP contribution is -2.37. The second-order valence-electron chi connectivity index (χ2n) is 4.30. The van der Waals surface area contributed by atoms with Crippen molar-refractivity contribution in [2.24, 2.45) is 5.92 Å². The number of nitrogens with one attached hydrogen (secondary N) is 1. The van der Waals surface area contributed by atoms with Crippen LogP contribution in [0.4, 0.5) is 0 Å². The summed E-state index contributed by atoms with van der Waals surface area (Å²) in [4.78, 5) is 11.4. The van der Waals surface area contributed by atoms with Gasteiger partial charge in [-0.05, 0) is 38.0 Å². The molecule has 0 spiro atoms. The zero-order valence-corrected chi connectivity index (χ0v) is 9.24. The second-order valence-corrected chi connectivity index (χ2v) is 4.30. The number of hydrogen-bond donors (Lipinski definition) is 2. The van der Waals surface area contributed by atoms with Crippen LogP contribution in [-0.4, -0.2) is 23.7 Å². The maximum Gasteiger partial charge on any atom is 0.220 e. The van der Waals surface area contributed by atoms with E-state index in [0.29, 0.717) is 18.4 Å². The van der Waals surface area contributed by atoms with E-state index in [-0.39, 0.29) is 12.5 Å². The molecule has 3 heteroatoms. The Balaban J connectivity index is 2.17. The summed E-state index contributed by atoms with van der Waals surface area (Å²) in [5.74, 6) is 0.577. The first-order valence-electron chi connectivity index (χ1n) is 5.77. The maximum atomic E-state index is 11.4. The Bertz CT molecular complexity index is 208. The Kier molecular flexibility index (Phi) is 5.40. The number of carbonyl (C=O) groups is 1. The van der Waals surface area contributed by atoms with E-state index in [1.807, 2.05) is 0 Å². The van der Waals surface area contributed by atoms with Crippen LogP contribution in [0.25, 0.3) is 0 Å². The predicted molar refractivity (Wildman–Crippen MR) is 60.4 cm³/mol. The van der Waals surface area contributed by atoms with Crippen molar-refractivity contribution < 1.29 is 9.90 Å². The van der Waals surface area contributed by atoms with E-state index in [4.69, 9.17) is 5.11 Å². The molecule has 0 unspecified atom stereocenters. The molecule has 1 rings (SSSR count). The van der Waals surface area contributed by atoms with Gasteiger partial charge in [-0.1, -0.05) is 6.08 Å². The highest BCUT2D eigenvalue weighted by atomic mass is 16.3. The van der Waals surface area contributed by atoms with Gasteiger partial charge in [0, 0.05) is 19.1 Å². The Morgan fingerprint density at radius 1 is 1.40 bits per heavy atom. The molecule has 3 nitrogen and oxygen atoms in total. The maximum absolute atomic E-state index is 11.4. The van der Waals surface area contributed by atoms with Gasteiger partial charge in [0.1, 0.15) is 0 Å². The van der Waals surface area contributed by atoms with Gasteiger partial charge >= 0.3 is 0 Å². The van der Waals surface area contributed by atoms with Crippen molar-refractivity contribution in [2.75, 3.05) is 6.61 Å². The lowest BCUT2D eigenvalue weighted by Gasteiger charge is -2.27. The minimum atomic E-state index is 0.127. The zero-order chi connectivity index (χ0) is 11.1. The van der Waals surface area contributed by atoms with Gasteiger partial charge in [-0.15, -0.1) is 6.58 Å². The van der Waals surface area contributed by atoms with Gasteiger partial charge in [-0.25, -0.2) is 0 Å². The quantitative estimate of drug-likeness (QED) is 0.679. The normalized spacial score (nSPS) is 25.9. The molecule has 15 heavy (non-hydrogen) atoms. The summed E-state index contributed by atoms with van der Waals surface area (Å²) < 4.78 is 0. The fourth-order valence-corrected chi connectivity index (χ4v) is 2.02. The third-order valence-corrected chi connectivity index (χ3v) is 3.05. The molecule has 1 fully saturated rings. The highest BCUT2D eigenvalue weighted by molar-refractivity contribution is 5.76. The molecule has 1 saturated carbocycles. The largest absolute Gasteiger partial charge is 0.396 e. The van der Waals surface area contributed by atoms with Crippen LogP contribution in [0.3, 0.4) is 0 Å². The molecule has 0 aromatic carbocycles. The Morgan fingerprint density at radius 2 is 2.07 bits per heavy atom. The Labute approximate surface area is 91.6 Å². The Hall–Kier alpha value is -0.830. The van der Waals surface area contributed by atoms with Gasteiger partial charge in [-0.2, -0.15) is 0 Å². The van der Waals surface area contributed by atoms with Crippen LogP contribution in [-0.2, 0) is 4.79 Å². The molecule has 1 amide bonds. The molecule has 0 radical (unpaired) electrons. The molecular formula is C12H21NO2. The van der Waals surface area contributed by atoms with Gasteiger partial charge in [0.2, 0.25) is 5.91 Å². The van der Waals surface area contributed by atoms with Crippen molar-refractivity contribution in [1.82, 2.24) is 5.32 Å². The first kappa shape index (κ1) is 12.2. The number of amides is 1. The molecule has 2 N–H and O–H groups in total.